The summed E-state index contributed by atoms with van der Waals surface area (Å²) in [7, 11) is 0. The third-order valence-corrected chi connectivity index (χ3v) is 4.36. The summed E-state index contributed by atoms with van der Waals surface area (Å²) in [6.45, 7) is 7.30. The Morgan fingerprint density at radius 3 is 2.73 bits per heavy atom. The average Bonchev–Trinajstić information content (AvgIpc) is 3.08. The Morgan fingerprint density at radius 1 is 1.27 bits per heavy atom. The molecule has 0 aliphatic carbocycles. The monoisotopic (exact) mass is 302 g/mol. The molecular formula is C15H22N6O. The van der Waals surface area contributed by atoms with Gasteiger partial charge in [-0.2, -0.15) is 10.2 Å². The minimum absolute atomic E-state index is 0.157. The van der Waals surface area contributed by atoms with Crippen molar-refractivity contribution >= 4 is 5.91 Å². The number of nitrogens with one attached hydrogen (secondary N) is 2. The molecule has 7 heteroatoms. The zero-order chi connectivity index (χ0) is 15.7. The van der Waals surface area contributed by atoms with Gasteiger partial charge in [0.1, 0.15) is 5.82 Å². The number of rotatable bonds is 3. The zero-order valence-corrected chi connectivity index (χ0v) is 13.3. The number of likely N-dealkylation sites (tertiary alicyclic amines) is 1. The van der Waals surface area contributed by atoms with E-state index in [-0.39, 0.29) is 11.8 Å². The van der Waals surface area contributed by atoms with E-state index in [1.165, 1.54) is 0 Å². The quantitative estimate of drug-likeness (QED) is 0.896. The number of amides is 1. The fourth-order valence-electron chi connectivity index (χ4n) is 3.05. The standard InChI is InChI=1S/C15H22N6O/c1-9-13(10(2)18-17-9)7-14(22)21-6-4-5-12(8-21)15-16-11(3)19-20-15/h12H,4-8H2,1-3H3,(H,17,18)(H,16,19,20). The van der Waals surface area contributed by atoms with Gasteiger partial charge in [0, 0.05) is 30.3 Å². The second-order valence-corrected chi connectivity index (χ2v) is 6.05. The summed E-state index contributed by atoms with van der Waals surface area (Å²) in [5.74, 6) is 2.03. The molecule has 1 aliphatic heterocycles. The number of aryl methyl sites for hydroxylation is 3. The summed E-state index contributed by atoms with van der Waals surface area (Å²) in [6, 6.07) is 0. The van der Waals surface area contributed by atoms with Gasteiger partial charge in [-0.1, -0.05) is 0 Å². The molecule has 1 atom stereocenters. The maximum absolute atomic E-state index is 12.6. The van der Waals surface area contributed by atoms with Crippen LogP contribution in [0.4, 0.5) is 0 Å². The molecule has 2 aromatic heterocycles. The molecule has 118 valence electrons. The molecule has 22 heavy (non-hydrogen) atoms. The lowest BCUT2D eigenvalue weighted by atomic mass is 9.96. The lowest BCUT2D eigenvalue weighted by Crippen LogP contribution is -2.40. The van der Waals surface area contributed by atoms with Gasteiger partial charge in [0.2, 0.25) is 5.91 Å². The van der Waals surface area contributed by atoms with E-state index in [4.69, 9.17) is 0 Å². The van der Waals surface area contributed by atoms with Crippen molar-refractivity contribution < 1.29 is 4.79 Å². The van der Waals surface area contributed by atoms with Gasteiger partial charge < -0.3 is 4.90 Å². The normalized spacial score (nSPS) is 18.7. The highest BCUT2D eigenvalue weighted by Gasteiger charge is 2.27. The van der Waals surface area contributed by atoms with Gasteiger partial charge in [-0.25, -0.2) is 4.98 Å². The second-order valence-electron chi connectivity index (χ2n) is 6.05. The smallest absolute Gasteiger partial charge is 0.227 e. The highest BCUT2D eigenvalue weighted by molar-refractivity contribution is 5.79. The van der Waals surface area contributed by atoms with E-state index in [0.717, 1.165) is 48.0 Å². The maximum Gasteiger partial charge on any atom is 0.227 e. The molecule has 1 amide bonds. The fourth-order valence-corrected chi connectivity index (χ4v) is 3.05. The molecule has 1 aliphatic rings. The molecule has 7 nitrogen and oxygen atoms in total. The van der Waals surface area contributed by atoms with Crippen molar-refractivity contribution in [2.24, 2.45) is 0 Å². The molecule has 0 spiro atoms. The van der Waals surface area contributed by atoms with Crippen LogP contribution in [0.2, 0.25) is 0 Å². The second kappa shape index (κ2) is 5.90. The summed E-state index contributed by atoms with van der Waals surface area (Å²) in [5, 5.41) is 14.2. The first-order valence-corrected chi connectivity index (χ1v) is 7.71. The van der Waals surface area contributed by atoms with Crippen LogP contribution in [0.5, 0.6) is 0 Å². The first-order chi connectivity index (χ1) is 10.5. The predicted octanol–water partition coefficient (Wildman–Crippen LogP) is 1.40. The van der Waals surface area contributed by atoms with E-state index in [0.29, 0.717) is 13.0 Å². The zero-order valence-electron chi connectivity index (χ0n) is 13.3. The Morgan fingerprint density at radius 2 is 2.09 bits per heavy atom. The first-order valence-electron chi connectivity index (χ1n) is 7.71. The van der Waals surface area contributed by atoms with Crippen LogP contribution in [0.1, 0.15) is 47.4 Å². The lowest BCUT2D eigenvalue weighted by Gasteiger charge is -2.31. The number of hydrogen-bond acceptors (Lipinski definition) is 4. The molecule has 1 fully saturated rings. The van der Waals surface area contributed by atoms with E-state index in [1.54, 1.807) is 0 Å². The molecule has 1 unspecified atom stereocenters. The first kappa shape index (κ1) is 14.7. The SMILES string of the molecule is Cc1nc(C2CCCN(C(=O)Cc3c(C)n[nH]c3C)C2)n[nH]1. The van der Waals surface area contributed by atoms with Crippen molar-refractivity contribution in [3.05, 3.63) is 28.6 Å². The topological polar surface area (TPSA) is 90.6 Å². The Kier molecular flexibility index (Phi) is 3.96. The van der Waals surface area contributed by atoms with Crippen LogP contribution in [0.25, 0.3) is 0 Å². The van der Waals surface area contributed by atoms with E-state index in [1.807, 2.05) is 25.7 Å². The van der Waals surface area contributed by atoms with Crippen molar-refractivity contribution in [1.29, 1.82) is 0 Å². The van der Waals surface area contributed by atoms with Crippen LogP contribution in [0.3, 0.4) is 0 Å². The van der Waals surface area contributed by atoms with Crippen LogP contribution in [-0.2, 0) is 11.2 Å². The number of H-pyrrole nitrogens is 2. The summed E-state index contributed by atoms with van der Waals surface area (Å²) in [4.78, 5) is 18.9. The molecule has 1 saturated heterocycles. The number of hydrogen-bond donors (Lipinski definition) is 2. The van der Waals surface area contributed by atoms with Crippen LogP contribution in [0.15, 0.2) is 0 Å². The Hall–Kier alpha value is -2.18. The van der Waals surface area contributed by atoms with Gasteiger partial charge >= 0.3 is 0 Å². The Labute approximate surface area is 129 Å². The number of piperidine rings is 1. The van der Waals surface area contributed by atoms with Gasteiger partial charge in [0.05, 0.1) is 12.1 Å². The van der Waals surface area contributed by atoms with Crippen molar-refractivity contribution in [2.45, 2.75) is 46.0 Å². The average molecular weight is 302 g/mol. The minimum atomic E-state index is 0.157. The molecule has 0 saturated carbocycles. The van der Waals surface area contributed by atoms with E-state index < -0.39 is 0 Å². The summed E-state index contributed by atoms with van der Waals surface area (Å²) < 4.78 is 0. The third-order valence-electron chi connectivity index (χ3n) is 4.36. The number of carbonyl (C=O) groups is 1. The van der Waals surface area contributed by atoms with Crippen LogP contribution in [0, 0.1) is 20.8 Å². The molecule has 2 aromatic rings. The molecule has 3 rings (SSSR count). The minimum Gasteiger partial charge on any atom is -0.342 e. The molecule has 2 N–H and O–H groups in total. The van der Waals surface area contributed by atoms with Gasteiger partial charge in [-0.15, -0.1) is 0 Å². The number of carbonyl (C=O) groups excluding carboxylic acids is 1. The van der Waals surface area contributed by atoms with Gasteiger partial charge in [0.25, 0.3) is 0 Å². The summed E-state index contributed by atoms with van der Waals surface area (Å²) in [5.41, 5.74) is 2.90. The third kappa shape index (κ3) is 2.88. The van der Waals surface area contributed by atoms with Gasteiger partial charge in [-0.3, -0.25) is 15.0 Å². The molecular weight excluding hydrogens is 280 g/mol. The van der Waals surface area contributed by atoms with Crippen molar-refractivity contribution in [3.63, 3.8) is 0 Å². The molecule has 3 heterocycles. The molecule has 0 bridgehead atoms. The van der Waals surface area contributed by atoms with Crippen LogP contribution >= 0.6 is 0 Å². The highest BCUT2D eigenvalue weighted by Crippen LogP contribution is 2.25. The largest absolute Gasteiger partial charge is 0.342 e. The van der Waals surface area contributed by atoms with E-state index >= 15 is 0 Å². The number of aromatic amines is 2. The van der Waals surface area contributed by atoms with Crippen molar-refractivity contribution in [1.82, 2.24) is 30.3 Å². The van der Waals surface area contributed by atoms with Gasteiger partial charge in [-0.05, 0) is 33.6 Å². The summed E-state index contributed by atoms with van der Waals surface area (Å²) >= 11 is 0. The maximum atomic E-state index is 12.6. The Bertz CT molecular complexity index is 654. The number of aromatic nitrogens is 5. The molecule has 0 radical (unpaired) electrons. The molecule has 0 aromatic carbocycles. The van der Waals surface area contributed by atoms with E-state index in [2.05, 4.69) is 25.4 Å². The van der Waals surface area contributed by atoms with Crippen molar-refractivity contribution in [2.75, 3.05) is 13.1 Å². The van der Waals surface area contributed by atoms with Gasteiger partial charge in [0.15, 0.2) is 5.82 Å². The predicted molar refractivity (Wildman–Crippen MR) is 81.4 cm³/mol. The van der Waals surface area contributed by atoms with Crippen LogP contribution in [-0.4, -0.2) is 49.3 Å². The van der Waals surface area contributed by atoms with Crippen molar-refractivity contribution in [3.8, 4) is 0 Å². The lowest BCUT2D eigenvalue weighted by molar-refractivity contribution is -0.131. The fraction of sp³-hybridized carbons (Fsp3) is 0.600. The number of nitrogens with zero attached hydrogens (tertiary/aromatic N) is 4. The van der Waals surface area contributed by atoms with Crippen LogP contribution < -0.4 is 0 Å². The Balaban J connectivity index is 1.68. The van der Waals surface area contributed by atoms with E-state index in [9.17, 15) is 4.79 Å². The highest BCUT2D eigenvalue weighted by atomic mass is 16.2. The summed E-state index contributed by atoms with van der Waals surface area (Å²) in [6.07, 6.45) is 2.44.